The van der Waals surface area contributed by atoms with Gasteiger partial charge < -0.3 is 9.47 Å². The second kappa shape index (κ2) is 10.1. The summed E-state index contributed by atoms with van der Waals surface area (Å²) in [6, 6.07) is 19.8. The third kappa shape index (κ3) is 4.38. The van der Waals surface area contributed by atoms with E-state index in [1.807, 2.05) is 66.7 Å². The number of carbonyl (C=O) groups excluding carboxylic acids is 1. The van der Waals surface area contributed by atoms with Gasteiger partial charge in [0, 0.05) is 18.0 Å². The molecule has 1 aliphatic rings. The number of aromatic nitrogens is 2. The molecule has 3 heterocycles. The van der Waals surface area contributed by atoms with Crippen molar-refractivity contribution in [2.45, 2.75) is 13.0 Å². The first-order valence-corrected chi connectivity index (χ1v) is 12.2. The topological polar surface area (TPSA) is 82.8 Å². The van der Waals surface area contributed by atoms with Gasteiger partial charge in [0.1, 0.15) is 5.75 Å². The van der Waals surface area contributed by atoms with E-state index < -0.39 is 12.0 Å². The number of benzene rings is 2. The minimum atomic E-state index is -0.748. The Bertz CT molecular complexity index is 1620. The molecule has 2 aromatic carbocycles. The second-order valence-electron chi connectivity index (χ2n) is 7.99. The molecule has 1 atom stereocenters. The number of thiazole rings is 1. The van der Waals surface area contributed by atoms with Crippen LogP contribution in [0.15, 0.2) is 94.5 Å². The monoisotopic (exact) mass is 497 g/mol. The van der Waals surface area contributed by atoms with Gasteiger partial charge in [-0.15, -0.1) is 0 Å². The Morgan fingerprint density at radius 3 is 2.67 bits per heavy atom. The third-order valence-corrected chi connectivity index (χ3v) is 6.75. The van der Waals surface area contributed by atoms with Crippen molar-refractivity contribution < 1.29 is 14.3 Å². The van der Waals surface area contributed by atoms with Gasteiger partial charge >= 0.3 is 5.97 Å². The van der Waals surface area contributed by atoms with E-state index in [-0.39, 0.29) is 12.2 Å². The van der Waals surface area contributed by atoms with Crippen molar-refractivity contribution in [2.24, 2.45) is 4.99 Å². The molecule has 4 aromatic rings. The third-order valence-electron chi connectivity index (χ3n) is 5.77. The molecule has 36 heavy (non-hydrogen) atoms. The fraction of sp³-hybridized carbons (Fsp3) is 0.143. The van der Waals surface area contributed by atoms with Crippen LogP contribution in [0, 0.1) is 0 Å². The number of hydrogen-bond acceptors (Lipinski definition) is 7. The van der Waals surface area contributed by atoms with Crippen LogP contribution >= 0.6 is 11.3 Å². The number of methoxy groups -OCH3 is 1. The highest BCUT2D eigenvalue weighted by Gasteiger charge is 2.35. The fourth-order valence-electron chi connectivity index (χ4n) is 4.18. The van der Waals surface area contributed by atoms with Crippen molar-refractivity contribution in [1.29, 1.82) is 0 Å². The molecule has 0 bridgehead atoms. The van der Waals surface area contributed by atoms with Gasteiger partial charge in [-0.1, -0.05) is 59.9 Å². The molecule has 5 rings (SSSR count). The van der Waals surface area contributed by atoms with Crippen molar-refractivity contribution in [3.63, 3.8) is 0 Å². The van der Waals surface area contributed by atoms with E-state index in [0.29, 0.717) is 26.4 Å². The lowest BCUT2D eigenvalue weighted by atomic mass is 9.93. The van der Waals surface area contributed by atoms with Crippen molar-refractivity contribution in [3.05, 3.63) is 121 Å². The van der Waals surface area contributed by atoms with Gasteiger partial charge in [-0.25, -0.2) is 9.79 Å². The van der Waals surface area contributed by atoms with Crippen molar-refractivity contribution >= 4 is 29.1 Å². The summed E-state index contributed by atoms with van der Waals surface area (Å²) in [5.41, 5.74) is 2.82. The minimum absolute atomic E-state index is 0.195. The summed E-state index contributed by atoms with van der Waals surface area (Å²) in [6.07, 6.45) is 5.16. The number of carbonyl (C=O) groups is 1. The molecule has 1 unspecified atom stereocenters. The first-order valence-electron chi connectivity index (χ1n) is 11.4. The standard InChI is InChI=1S/C28H23N3O4S/c1-3-35-27(33)23-24(19-10-5-4-6-11-19)30-28-31(25(23)20-12-7-13-21(16-20)34-2)26(32)22(36-28)15-18-9-8-14-29-17-18/h4-17,25H,3H2,1-2H3/b22-15+. The zero-order valence-corrected chi connectivity index (χ0v) is 20.6. The van der Waals surface area contributed by atoms with Crippen LogP contribution < -0.4 is 19.6 Å². The molecule has 180 valence electrons. The quantitative estimate of drug-likeness (QED) is 0.382. The largest absolute Gasteiger partial charge is 0.497 e. The SMILES string of the molecule is CCOC(=O)C1=C(c2ccccc2)N=c2s/c(=C/c3cccnc3)c(=O)n2C1c1cccc(OC)c1. The molecule has 2 aromatic heterocycles. The molecule has 0 radical (unpaired) electrons. The number of rotatable bonds is 6. The number of ether oxygens (including phenoxy) is 2. The van der Waals surface area contributed by atoms with Crippen LogP contribution in [0.25, 0.3) is 11.8 Å². The van der Waals surface area contributed by atoms with E-state index in [9.17, 15) is 9.59 Å². The minimum Gasteiger partial charge on any atom is -0.497 e. The highest BCUT2D eigenvalue weighted by Crippen LogP contribution is 2.36. The second-order valence-corrected chi connectivity index (χ2v) is 9.00. The molecule has 0 saturated heterocycles. The fourth-order valence-corrected chi connectivity index (χ4v) is 5.18. The van der Waals surface area contributed by atoms with Crippen LogP contribution in [0.5, 0.6) is 5.75 Å². The van der Waals surface area contributed by atoms with Gasteiger partial charge in [-0.3, -0.25) is 14.3 Å². The van der Waals surface area contributed by atoms with Crippen LogP contribution in [0.1, 0.15) is 29.7 Å². The number of fused-ring (bicyclic) bond motifs is 1. The Hall–Kier alpha value is -4.30. The Morgan fingerprint density at radius 2 is 1.94 bits per heavy atom. The Balaban J connectivity index is 1.85. The Labute approximate surface area is 211 Å². The van der Waals surface area contributed by atoms with Crippen LogP contribution in [-0.2, 0) is 9.53 Å². The summed E-state index contributed by atoms with van der Waals surface area (Å²) in [6.45, 7) is 1.95. The zero-order valence-electron chi connectivity index (χ0n) is 19.8. The van der Waals surface area contributed by atoms with Crippen molar-refractivity contribution in [2.75, 3.05) is 13.7 Å². The average Bonchev–Trinajstić information content (AvgIpc) is 3.23. The summed E-state index contributed by atoms with van der Waals surface area (Å²) in [5, 5.41) is 0. The lowest BCUT2D eigenvalue weighted by Crippen LogP contribution is -2.40. The number of esters is 1. The molecule has 0 aliphatic carbocycles. The van der Waals surface area contributed by atoms with Gasteiger partial charge in [0.15, 0.2) is 4.80 Å². The number of pyridine rings is 1. The maximum atomic E-state index is 13.8. The number of hydrogen-bond donors (Lipinski definition) is 0. The van der Waals surface area contributed by atoms with E-state index in [1.54, 1.807) is 37.1 Å². The lowest BCUT2D eigenvalue weighted by molar-refractivity contribution is -0.138. The Kier molecular flexibility index (Phi) is 6.60. The van der Waals surface area contributed by atoms with Crippen molar-refractivity contribution in [1.82, 2.24) is 9.55 Å². The maximum Gasteiger partial charge on any atom is 0.338 e. The first kappa shape index (κ1) is 23.4. The molecular weight excluding hydrogens is 474 g/mol. The highest BCUT2D eigenvalue weighted by atomic mass is 32.1. The molecule has 7 nitrogen and oxygen atoms in total. The summed E-state index contributed by atoms with van der Waals surface area (Å²) in [5.74, 6) is 0.0981. The molecule has 8 heteroatoms. The summed E-state index contributed by atoms with van der Waals surface area (Å²) >= 11 is 1.27. The Morgan fingerprint density at radius 1 is 1.11 bits per heavy atom. The van der Waals surface area contributed by atoms with Crippen LogP contribution in [0.3, 0.4) is 0 Å². The average molecular weight is 498 g/mol. The molecule has 1 aliphatic heterocycles. The van der Waals surface area contributed by atoms with E-state index in [2.05, 4.69) is 4.98 Å². The summed E-state index contributed by atoms with van der Waals surface area (Å²) in [7, 11) is 1.58. The molecule has 0 spiro atoms. The van der Waals surface area contributed by atoms with Gasteiger partial charge in [0.2, 0.25) is 0 Å². The van der Waals surface area contributed by atoms with Crippen molar-refractivity contribution in [3.8, 4) is 5.75 Å². The van der Waals surface area contributed by atoms with Crippen LogP contribution in [0.2, 0.25) is 0 Å². The zero-order chi connectivity index (χ0) is 25.1. The van der Waals surface area contributed by atoms with Crippen LogP contribution in [-0.4, -0.2) is 29.2 Å². The highest BCUT2D eigenvalue weighted by molar-refractivity contribution is 7.07. The van der Waals surface area contributed by atoms with E-state index in [4.69, 9.17) is 14.5 Å². The predicted molar refractivity (Wildman–Crippen MR) is 138 cm³/mol. The van der Waals surface area contributed by atoms with E-state index in [0.717, 1.165) is 16.7 Å². The number of nitrogens with zero attached hydrogens (tertiary/aromatic N) is 3. The van der Waals surface area contributed by atoms with Gasteiger partial charge in [-0.05, 0) is 42.3 Å². The summed E-state index contributed by atoms with van der Waals surface area (Å²) < 4.78 is 13.0. The smallest absolute Gasteiger partial charge is 0.338 e. The van der Waals surface area contributed by atoms with Gasteiger partial charge in [0.05, 0.1) is 35.6 Å². The maximum absolute atomic E-state index is 13.8. The van der Waals surface area contributed by atoms with Gasteiger partial charge in [0.25, 0.3) is 5.56 Å². The molecule has 0 saturated carbocycles. The molecular formula is C28H23N3O4S. The van der Waals surface area contributed by atoms with Gasteiger partial charge in [-0.2, -0.15) is 0 Å². The van der Waals surface area contributed by atoms with E-state index in [1.165, 1.54) is 11.3 Å². The lowest BCUT2D eigenvalue weighted by Gasteiger charge is -2.26. The molecule has 0 amide bonds. The first-order chi connectivity index (χ1) is 17.6. The van der Waals surface area contributed by atoms with E-state index >= 15 is 0 Å². The summed E-state index contributed by atoms with van der Waals surface area (Å²) in [4.78, 5) is 36.7. The van der Waals surface area contributed by atoms with Crippen LogP contribution in [0.4, 0.5) is 0 Å². The molecule has 0 fully saturated rings. The predicted octanol–water partition coefficient (Wildman–Crippen LogP) is 3.34. The molecule has 0 N–H and O–H groups in total. The normalized spacial score (nSPS) is 15.3.